The summed E-state index contributed by atoms with van der Waals surface area (Å²) in [5, 5.41) is 19.1. The van der Waals surface area contributed by atoms with Gasteiger partial charge in [-0.1, -0.05) is 0 Å². The lowest BCUT2D eigenvalue weighted by molar-refractivity contribution is -0.151. The molecule has 0 unspecified atom stereocenters. The maximum Gasteiger partial charge on any atom is 0.327 e. The van der Waals surface area contributed by atoms with Gasteiger partial charge in [0.1, 0.15) is 6.04 Å². The highest BCUT2D eigenvalue weighted by atomic mass is 16.4. The smallest absolute Gasteiger partial charge is 0.327 e. The summed E-state index contributed by atoms with van der Waals surface area (Å²) in [7, 11) is 0. The lowest BCUT2D eigenvalue weighted by atomic mass is 10.0. The SMILES string of the molecule is CC(=O)N[C@@H](C(=O)O)[C@H](C)C(=O)O. The summed E-state index contributed by atoms with van der Waals surface area (Å²) in [6, 6.07) is -1.38. The summed E-state index contributed by atoms with van der Waals surface area (Å²) in [6.07, 6.45) is 0. The van der Waals surface area contributed by atoms with Crippen LogP contribution in [0, 0.1) is 5.92 Å². The molecule has 0 aromatic carbocycles. The van der Waals surface area contributed by atoms with Crippen molar-refractivity contribution in [1.82, 2.24) is 5.32 Å². The second kappa shape index (κ2) is 4.44. The first kappa shape index (κ1) is 11.4. The zero-order valence-corrected chi connectivity index (χ0v) is 7.27. The largest absolute Gasteiger partial charge is 0.481 e. The molecule has 0 spiro atoms. The van der Waals surface area contributed by atoms with Crippen molar-refractivity contribution < 1.29 is 24.6 Å². The number of nitrogens with one attached hydrogen (secondary N) is 1. The van der Waals surface area contributed by atoms with E-state index >= 15 is 0 Å². The summed E-state index contributed by atoms with van der Waals surface area (Å²) < 4.78 is 0. The van der Waals surface area contributed by atoms with Gasteiger partial charge in [-0.15, -0.1) is 0 Å². The molecule has 6 heteroatoms. The molecule has 74 valence electrons. The van der Waals surface area contributed by atoms with Gasteiger partial charge in [0, 0.05) is 6.92 Å². The van der Waals surface area contributed by atoms with Crippen LogP contribution < -0.4 is 5.32 Å². The van der Waals surface area contributed by atoms with Gasteiger partial charge in [0.25, 0.3) is 0 Å². The molecule has 2 atom stereocenters. The van der Waals surface area contributed by atoms with Crippen LogP contribution in [0.25, 0.3) is 0 Å². The Morgan fingerprint density at radius 2 is 1.62 bits per heavy atom. The first-order valence-corrected chi connectivity index (χ1v) is 3.59. The van der Waals surface area contributed by atoms with Crippen LogP contribution >= 0.6 is 0 Å². The molecule has 0 radical (unpaired) electrons. The van der Waals surface area contributed by atoms with E-state index < -0.39 is 29.8 Å². The van der Waals surface area contributed by atoms with Crippen LogP contribution in [0.15, 0.2) is 0 Å². The molecule has 13 heavy (non-hydrogen) atoms. The Kier molecular flexibility index (Phi) is 3.90. The highest BCUT2D eigenvalue weighted by Crippen LogP contribution is 2.03. The molecule has 0 bridgehead atoms. The first-order chi connectivity index (χ1) is 5.86. The molecule has 3 N–H and O–H groups in total. The van der Waals surface area contributed by atoms with Crippen LogP contribution in [0.1, 0.15) is 13.8 Å². The summed E-state index contributed by atoms with van der Waals surface area (Å²) in [6.45, 7) is 2.35. The van der Waals surface area contributed by atoms with E-state index in [1.54, 1.807) is 0 Å². The number of carboxylic acid groups (broad SMARTS) is 2. The summed E-state index contributed by atoms with van der Waals surface area (Å²) >= 11 is 0. The van der Waals surface area contributed by atoms with Gasteiger partial charge >= 0.3 is 11.9 Å². The maximum atomic E-state index is 10.5. The summed E-state index contributed by atoms with van der Waals surface area (Å²) in [5.41, 5.74) is 0. The third-order valence-corrected chi connectivity index (χ3v) is 1.51. The molecule has 0 saturated heterocycles. The normalized spacial score (nSPS) is 14.3. The fourth-order valence-electron chi connectivity index (χ4n) is 0.762. The fourth-order valence-corrected chi connectivity index (χ4v) is 0.762. The Labute approximate surface area is 74.6 Å². The molecular formula is C7H11NO5. The van der Waals surface area contributed by atoms with Crippen molar-refractivity contribution >= 4 is 17.8 Å². The van der Waals surface area contributed by atoms with Crippen molar-refractivity contribution in [3.05, 3.63) is 0 Å². The van der Waals surface area contributed by atoms with Gasteiger partial charge < -0.3 is 15.5 Å². The van der Waals surface area contributed by atoms with Crippen LogP contribution in [-0.2, 0) is 14.4 Å². The maximum absolute atomic E-state index is 10.5. The van der Waals surface area contributed by atoms with Crippen molar-refractivity contribution in [1.29, 1.82) is 0 Å². The molecule has 0 rings (SSSR count). The van der Waals surface area contributed by atoms with Gasteiger partial charge in [-0.2, -0.15) is 0 Å². The molecule has 0 fully saturated rings. The number of amides is 1. The van der Waals surface area contributed by atoms with Crippen LogP contribution in [0.3, 0.4) is 0 Å². The zero-order valence-electron chi connectivity index (χ0n) is 7.27. The van der Waals surface area contributed by atoms with E-state index in [4.69, 9.17) is 10.2 Å². The van der Waals surface area contributed by atoms with Crippen molar-refractivity contribution in [3.8, 4) is 0 Å². The van der Waals surface area contributed by atoms with E-state index in [2.05, 4.69) is 0 Å². The van der Waals surface area contributed by atoms with Gasteiger partial charge in [0.15, 0.2) is 0 Å². The molecular weight excluding hydrogens is 178 g/mol. The Hall–Kier alpha value is -1.59. The average Bonchev–Trinajstić information content (AvgIpc) is 1.97. The minimum absolute atomic E-state index is 0.569. The van der Waals surface area contributed by atoms with Gasteiger partial charge in [0.2, 0.25) is 5.91 Å². The number of aliphatic carboxylic acids is 2. The molecule has 0 saturated carbocycles. The topological polar surface area (TPSA) is 104 Å². The third kappa shape index (κ3) is 3.55. The van der Waals surface area contributed by atoms with E-state index in [9.17, 15) is 14.4 Å². The zero-order chi connectivity index (χ0) is 10.6. The molecule has 0 aliphatic carbocycles. The first-order valence-electron chi connectivity index (χ1n) is 3.59. The lowest BCUT2D eigenvalue weighted by Crippen LogP contribution is -2.46. The van der Waals surface area contributed by atoms with Crippen LogP contribution in [0.5, 0.6) is 0 Å². The number of carbonyl (C=O) groups excluding carboxylic acids is 1. The highest BCUT2D eigenvalue weighted by molar-refractivity contribution is 5.87. The predicted molar refractivity (Wildman–Crippen MR) is 42.0 cm³/mol. The van der Waals surface area contributed by atoms with Gasteiger partial charge in [-0.25, -0.2) is 4.79 Å². The molecule has 0 aromatic heterocycles. The van der Waals surface area contributed by atoms with Crippen molar-refractivity contribution in [3.63, 3.8) is 0 Å². The standard InChI is InChI=1S/C7H11NO5/c1-3(6(10)11)5(7(12)13)8-4(2)9/h3,5H,1-2H3,(H,8,9)(H,10,11)(H,12,13)/t3-,5+/m0/s1. The number of hydrogen-bond donors (Lipinski definition) is 3. The van der Waals surface area contributed by atoms with Crippen molar-refractivity contribution in [2.45, 2.75) is 19.9 Å². The second-order valence-corrected chi connectivity index (χ2v) is 2.64. The van der Waals surface area contributed by atoms with Crippen LogP contribution in [-0.4, -0.2) is 34.1 Å². The second-order valence-electron chi connectivity index (χ2n) is 2.64. The minimum Gasteiger partial charge on any atom is -0.481 e. The number of carbonyl (C=O) groups is 3. The Balaban J connectivity index is 4.51. The Bertz CT molecular complexity index is 237. The average molecular weight is 189 g/mol. The van der Waals surface area contributed by atoms with E-state index in [1.165, 1.54) is 6.92 Å². The fraction of sp³-hybridized carbons (Fsp3) is 0.571. The van der Waals surface area contributed by atoms with E-state index in [1.807, 2.05) is 5.32 Å². The van der Waals surface area contributed by atoms with Crippen LogP contribution in [0.4, 0.5) is 0 Å². The monoisotopic (exact) mass is 189 g/mol. The lowest BCUT2D eigenvalue weighted by Gasteiger charge is -2.16. The van der Waals surface area contributed by atoms with Crippen molar-refractivity contribution in [2.75, 3.05) is 0 Å². The molecule has 0 heterocycles. The minimum atomic E-state index is -1.38. The Morgan fingerprint density at radius 3 is 1.85 bits per heavy atom. The third-order valence-electron chi connectivity index (χ3n) is 1.51. The van der Waals surface area contributed by atoms with Crippen molar-refractivity contribution in [2.24, 2.45) is 5.92 Å². The summed E-state index contributed by atoms with van der Waals surface area (Å²) in [5.74, 6) is -4.34. The van der Waals surface area contributed by atoms with E-state index in [0.717, 1.165) is 6.92 Å². The number of carboxylic acids is 2. The molecule has 0 aliphatic rings. The summed E-state index contributed by atoms with van der Waals surface area (Å²) in [4.78, 5) is 31.4. The van der Waals surface area contributed by atoms with Gasteiger partial charge in [-0.3, -0.25) is 9.59 Å². The molecule has 6 nitrogen and oxygen atoms in total. The van der Waals surface area contributed by atoms with Gasteiger partial charge in [0.05, 0.1) is 5.92 Å². The van der Waals surface area contributed by atoms with E-state index in [0.29, 0.717) is 0 Å². The predicted octanol–water partition coefficient (Wildman–Crippen LogP) is -0.704. The number of rotatable bonds is 4. The van der Waals surface area contributed by atoms with E-state index in [-0.39, 0.29) is 0 Å². The molecule has 0 aliphatic heterocycles. The number of hydrogen-bond acceptors (Lipinski definition) is 3. The Morgan fingerprint density at radius 1 is 1.15 bits per heavy atom. The quantitative estimate of drug-likeness (QED) is 0.542. The van der Waals surface area contributed by atoms with Gasteiger partial charge in [-0.05, 0) is 6.92 Å². The molecule has 0 aromatic rings. The molecule has 1 amide bonds. The highest BCUT2D eigenvalue weighted by Gasteiger charge is 2.30. The van der Waals surface area contributed by atoms with Crippen LogP contribution in [0.2, 0.25) is 0 Å².